The van der Waals surface area contributed by atoms with Crippen LogP contribution in [0.1, 0.15) is 62.2 Å². The molecule has 1 saturated heterocycles. The van der Waals surface area contributed by atoms with Crippen molar-refractivity contribution in [2.75, 3.05) is 30.9 Å². The number of carbonyl (C=O) groups excluding carboxylic acids is 2. The molecule has 1 aromatic rings. The quantitative estimate of drug-likeness (QED) is 0.696. The van der Waals surface area contributed by atoms with E-state index in [1.807, 2.05) is 0 Å². The lowest BCUT2D eigenvalue weighted by molar-refractivity contribution is -0.124. The summed E-state index contributed by atoms with van der Waals surface area (Å²) in [5.41, 5.74) is 0.238. The number of piperidine rings is 1. The Morgan fingerprint density at radius 1 is 1.21 bits per heavy atom. The summed E-state index contributed by atoms with van der Waals surface area (Å²) in [6.07, 6.45) is 8.44. The highest BCUT2D eigenvalue weighted by molar-refractivity contribution is 7.88. The van der Waals surface area contributed by atoms with Gasteiger partial charge in [0, 0.05) is 25.0 Å². The molecule has 0 atom stereocenters. The maximum atomic E-state index is 13.5. The van der Waals surface area contributed by atoms with Gasteiger partial charge in [-0.25, -0.2) is 17.5 Å². The third-order valence-corrected chi connectivity index (χ3v) is 7.11. The van der Waals surface area contributed by atoms with Crippen LogP contribution in [-0.2, 0) is 19.6 Å². The molecule has 0 bridgehead atoms. The Morgan fingerprint density at radius 2 is 1.86 bits per heavy atom. The Balaban J connectivity index is 1.88. The summed E-state index contributed by atoms with van der Waals surface area (Å²) in [6, 6.07) is -0.198. The lowest BCUT2D eigenvalue weighted by Gasteiger charge is -2.39. The molecule has 1 saturated carbocycles. The number of carbonyl (C=O) groups is 2. The van der Waals surface area contributed by atoms with Crippen molar-refractivity contribution in [3.8, 4) is 0 Å². The highest BCUT2D eigenvalue weighted by atomic mass is 32.2. The largest absolute Gasteiger partial charge is 0.462 e. The van der Waals surface area contributed by atoms with Crippen LogP contribution >= 0.6 is 0 Å². The number of aromatic amines is 1. The van der Waals surface area contributed by atoms with Gasteiger partial charge in [-0.2, -0.15) is 5.10 Å². The normalized spacial score (nSPS) is 19.8. The van der Waals surface area contributed by atoms with Crippen molar-refractivity contribution < 1.29 is 22.7 Å². The van der Waals surface area contributed by atoms with Crippen molar-refractivity contribution in [3.05, 3.63) is 11.8 Å². The van der Waals surface area contributed by atoms with E-state index in [-0.39, 0.29) is 30.0 Å². The molecule has 1 amide bonds. The second-order valence-corrected chi connectivity index (χ2v) is 9.77. The van der Waals surface area contributed by atoms with E-state index >= 15 is 0 Å². The molecule has 2 fully saturated rings. The fourth-order valence-electron chi connectivity index (χ4n) is 4.27. The number of hydrogen-bond donors (Lipinski definition) is 1. The standard InChI is InChI=1S/C19H30N4O5S/c1-3-28-19(25)16-13-20-21-17(16)23(18(24)14-7-5-4-6-8-14)15-9-11-22(12-10-15)29(2,26)27/h13-15H,3-12H2,1-2H3,(H,20,21). The molecule has 3 rings (SSSR count). The van der Waals surface area contributed by atoms with E-state index in [9.17, 15) is 18.0 Å². The van der Waals surface area contributed by atoms with Crippen LogP contribution in [0, 0.1) is 5.92 Å². The summed E-state index contributed by atoms with van der Waals surface area (Å²) in [5.74, 6) is -0.268. The number of ether oxygens (including phenoxy) is 1. The first-order valence-corrected chi connectivity index (χ1v) is 12.2. The number of aromatic nitrogens is 2. The van der Waals surface area contributed by atoms with Gasteiger partial charge in [-0.1, -0.05) is 19.3 Å². The molecule has 0 unspecified atom stereocenters. The van der Waals surface area contributed by atoms with E-state index < -0.39 is 16.0 Å². The van der Waals surface area contributed by atoms with Crippen molar-refractivity contribution in [2.45, 2.75) is 57.9 Å². The lowest BCUT2D eigenvalue weighted by atomic mass is 9.87. The van der Waals surface area contributed by atoms with E-state index in [1.54, 1.807) is 11.8 Å². The molecule has 1 aliphatic heterocycles. The van der Waals surface area contributed by atoms with Crippen LogP contribution in [0.15, 0.2) is 6.20 Å². The zero-order valence-corrected chi connectivity index (χ0v) is 17.9. The Labute approximate surface area is 171 Å². The molecule has 1 aliphatic carbocycles. The maximum absolute atomic E-state index is 13.5. The van der Waals surface area contributed by atoms with Crippen molar-refractivity contribution in [3.63, 3.8) is 0 Å². The summed E-state index contributed by atoms with van der Waals surface area (Å²) >= 11 is 0. The molecular formula is C19H30N4O5S. The minimum absolute atomic E-state index is 0.0164. The molecule has 0 aromatic carbocycles. The molecule has 162 valence electrons. The molecule has 2 aliphatic rings. The van der Waals surface area contributed by atoms with Gasteiger partial charge in [0.15, 0.2) is 0 Å². The fourth-order valence-corrected chi connectivity index (χ4v) is 5.15. The third kappa shape index (κ3) is 4.98. The Kier molecular flexibility index (Phi) is 6.94. The Bertz CT molecular complexity index is 823. The molecule has 1 aromatic heterocycles. The maximum Gasteiger partial charge on any atom is 0.343 e. The summed E-state index contributed by atoms with van der Waals surface area (Å²) in [5, 5.41) is 6.82. The van der Waals surface area contributed by atoms with E-state index in [2.05, 4.69) is 10.2 Å². The zero-order valence-electron chi connectivity index (χ0n) is 17.1. The van der Waals surface area contributed by atoms with E-state index in [0.29, 0.717) is 31.7 Å². The molecule has 0 spiro atoms. The van der Waals surface area contributed by atoms with Gasteiger partial charge in [-0.05, 0) is 32.6 Å². The predicted octanol–water partition coefficient (Wildman–Crippen LogP) is 1.92. The van der Waals surface area contributed by atoms with Gasteiger partial charge in [0.1, 0.15) is 11.4 Å². The first-order valence-electron chi connectivity index (χ1n) is 10.3. The van der Waals surface area contributed by atoms with E-state index in [1.165, 1.54) is 16.8 Å². The van der Waals surface area contributed by atoms with Crippen LogP contribution in [0.5, 0.6) is 0 Å². The zero-order chi connectivity index (χ0) is 21.0. The lowest BCUT2D eigenvalue weighted by Crippen LogP contribution is -2.51. The van der Waals surface area contributed by atoms with Gasteiger partial charge in [0.25, 0.3) is 0 Å². The first kappa shape index (κ1) is 21.8. The number of rotatable bonds is 6. The van der Waals surface area contributed by atoms with Crippen molar-refractivity contribution in [1.82, 2.24) is 14.5 Å². The van der Waals surface area contributed by atoms with Crippen LogP contribution in [0.2, 0.25) is 0 Å². The van der Waals surface area contributed by atoms with Crippen LogP contribution in [0.25, 0.3) is 0 Å². The SMILES string of the molecule is CCOC(=O)c1cn[nH]c1N(C(=O)C1CCCCC1)C1CCN(S(C)(=O)=O)CC1. The molecule has 10 heteroatoms. The summed E-state index contributed by atoms with van der Waals surface area (Å²) < 4.78 is 30.3. The fraction of sp³-hybridized carbons (Fsp3) is 0.737. The summed E-state index contributed by atoms with van der Waals surface area (Å²) in [6.45, 7) is 2.65. The van der Waals surface area contributed by atoms with Gasteiger partial charge in [0.2, 0.25) is 15.9 Å². The van der Waals surface area contributed by atoms with E-state index in [0.717, 1.165) is 32.1 Å². The number of H-pyrrole nitrogens is 1. The monoisotopic (exact) mass is 426 g/mol. The topological polar surface area (TPSA) is 113 Å². The predicted molar refractivity (Wildman–Crippen MR) is 108 cm³/mol. The molecular weight excluding hydrogens is 396 g/mol. The smallest absolute Gasteiger partial charge is 0.343 e. The number of sulfonamides is 1. The van der Waals surface area contributed by atoms with Gasteiger partial charge < -0.3 is 4.74 Å². The van der Waals surface area contributed by atoms with E-state index in [4.69, 9.17) is 4.74 Å². The number of anilines is 1. The third-order valence-electron chi connectivity index (χ3n) is 5.80. The van der Waals surface area contributed by atoms with Gasteiger partial charge in [0.05, 0.1) is 19.1 Å². The minimum Gasteiger partial charge on any atom is -0.462 e. The van der Waals surface area contributed by atoms with Gasteiger partial charge >= 0.3 is 5.97 Å². The number of amides is 1. The molecule has 1 N–H and O–H groups in total. The summed E-state index contributed by atoms with van der Waals surface area (Å²) in [4.78, 5) is 27.6. The number of nitrogens with zero attached hydrogens (tertiary/aromatic N) is 3. The average molecular weight is 427 g/mol. The van der Waals surface area contributed by atoms with Crippen molar-refractivity contribution in [2.24, 2.45) is 5.92 Å². The minimum atomic E-state index is -3.26. The van der Waals surface area contributed by atoms with Gasteiger partial charge in [-0.3, -0.25) is 14.8 Å². The number of hydrogen-bond acceptors (Lipinski definition) is 6. The van der Waals surface area contributed by atoms with Gasteiger partial charge in [-0.15, -0.1) is 0 Å². The second-order valence-electron chi connectivity index (χ2n) is 7.79. The Hall–Kier alpha value is -1.94. The van der Waals surface area contributed by atoms with Crippen molar-refractivity contribution >= 4 is 27.7 Å². The molecule has 29 heavy (non-hydrogen) atoms. The second kappa shape index (κ2) is 9.25. The highest BCUT2D eigenvalue weighted by Gasteiger charge is 2.37. The van der Waals surface area contributed by atoms with Crippen LogP contribution in [0.4, 0.5) is 5.82 Å². The number of nitrogens with one attached hydrogen (secondary N) is 1. The first-order chi connectivity index (χ1) is 13.8. The Morgan fingerprint density at radius 3 is 2.45 bits per heavy atom. The molecule has 0 radical (unpaired) electrons. The summed E-state index contributed by atoms with van der Waals surface area (Å²) in [7, 11) is -3.26. The van der Waals surface area contributed by atoms with Crippen LogP contribution < -0.4 is 4.90 Å². The average Bonchev–Trinajstić information content (AvgIpc) is 3.18. The highest BCUT2D eigenvalue weighted by Crippen LogP contribution is 2.32. The molecule has 9 nitrogen and oxygen atoms in total. The van der Waals surface area contributed by atoms with Crippen LogP contribution in [-0.4, -0.2) is 66.8 Å². The number of esters is 1. The van der Waals surface area contributed by atoms with Crippen LogP contribution in [0.3, 0.4) is 0 Å². The van der Waals surface area contributed by atoms with Crippen molar-refractivity contribution in [1.29, 1.82) is 0 Å². The molecule has 2 heterocycles.